The number of hydrogen-bond donors (Lipinski definition) is 2. The van der Waals surface area contributed by atoms with Gasteiger partial charge in [-0.3, -0.25) is 0 Å². The number of rotatable bonds is 6. The monoisotopic (exact) mass is 225 g/mol. The molecule has 1 aromatic rings. The van der Waals surface area contributed by atoms with Crippen molar-refractivity contribution in [3.63, 3.8) is 0 Å². The van der Waals surface area contributed by atoms with Crippen LogP contribution in [-0.2, 0) is 4.79 Å². The van der Waals surface area contributed by atoms with Gasteiger partial charge in [-0.1, -0.05) is 12.1 Å². The largest absolute Gasteiger partial charge is 0.493 e. The summed E-state index contributed by atoms with van der Waals surface area (Å²) in [5.74, 6) is -0.118. The SMILES string of the molecule is COc1ccccc1OC(CCN)C(=O)O. The van der Waals surface area contributed by atoms with Gasteiger partial charge in [0, 0.05) is 6.42 Å². The predicted octanol–water partition coefficient (Wildman–Crippen LogP) is 0.876. The highest BCUT2D eigenvalue weighted by atomic mass is 16.5. The molecule has 0 bridgehead atoms. The molecule has 3 N–H and O–H groups in total. The number of methoxy groups -OCH3 is 1. The zero-order valence-corrected chi connectivity index (χ0v) is 9.05. The van der Waals surface area contributed by atoms with Gasteiger partial charge >= 0.3 is 5.97 Å². The molecule has 0 aromatic heterocycles. The van der Waals surface area contributed by atoms with Gasteiger partial charge < -0.3 is 20.3 Å². The van der Waals surface area contributed by atoms with Crippen molar-refractivity contribution in [2.45, 2.75) is 12.5 Å². The van der Waals surface area contributed by atoms with Crippen LogP contribution in [-0.4, -0.2) is 30.8 Å². The molecule has 0 fully saturated rings. The first-order chi connectivity index (χ1) is 7.69. The summed E-state index contributed by atoms with van der Waals surface area (Å²) < 4.78 is 10.4. The third kappa shape index (κ3) is 3.13. The molecule has 0 radical (unpaired) electrons. The van der Waals surface area contributed by atoms with Gasteiger partial charge in [-0.15, -0.1) is 0 Å². The van der Waals surface area contributed by atoms with Crippen molar-refractivity contribution in [2.24, 2.45) is 5.73 Å². The zero-order chi connectivity index (χ0) is 12.0. The van der Waals surface area contributed by atoms with Crippen LogP contribution in [0.5, 0.6) is 11.5 Å². The molecule has 0 aliphatic heterocycles. The Morgan fingerprint density at radius 2 is 2.06 bits per heavy atom. The first-order valence-corrected chi connectivity index (χ1v) is 4.91. The highest BCUT2D eigenvalue weighted by Crippen LogP contribution is 2.27. The number of nitrogens with two attached hydrogens (primary N) is 1. The van der Waals surface area contributed by atoms with Crippen LogP contribution in [0.25, 0.3) is 0 Å². The summed E-state index contributed by atoms with van der Waals surface area (Å²) >= 11 is 0. The Balaban J connectivity index is 2.80. The number of aliphatic carboxylic acids is 1. The second-order valence-corrected chi connectivity index (χ2v) is 3.17. The van der Waals surface area contributed by atoms with Crippen LogP contribution in [0.4, 0.5) is 0 Å². The van der Waals surface area contributed by atoms with Gasteiger partial charge in [-0.25, -0.2) is 4.79 Å². The van der Waals surface area contributed by atoms with Crippen LogP contribution in [0.2, 0.25) is 0 Å². The minimum atomic E-state index is -1.03. The van der Waals surface area contributed by atoms with Crippen molar-refractivity contribution in [1.29, 1.82) is 0 Å². The van der Waals surface area contributed by atoms with E-state index in [2.05, 4.69) is 0 Å². The summed E-state index contributed by atoms with van der Waals surface area (Å²) in [6.07, 6.45) is -0.686. The van der Waals surface area contributed by atoms with E-state index in [-0.39, 0.29) is 13.0 Å². The van der Waals surface area contributed by atoms with Gasteiger partial charge in [0.25, 0.3) is 0 Å². The Morgan fingerprint density at radius 1 is 1.44 bits per heavy atom. The van der Waals surface area contributed by atoms with Crippen LogP contribution in [0, 0.1) is 0 Å². The molecule has 0 amide bonds. The summed E-state index contributed by atoms with van der Waals surface area (Å²) in [4.78, 5) is 10.9. The lowest BCUT2D eigenvalue weighted by molar-refractivity contribution is -0.145. The summed E-state index contributed by atoms with van der Waals surface area (Å²) in [5, 5.41) is 8.91. The van der Waals surface area contributed by atoms with Crippen LogP contribution >= 0.6 is 0 Å². The Hall–Kier alpha value is -1.75. The number of carboxylic acids is 1. The first kappa shape index (κ1) is 12.3. The first-order valence-electron chi connectivity index (χ1n) is 4.91. The lowest BCUT2D eigenvalue weighted by atomic mass is 10.2. The van der Waals surface area contributed by atoms with Crippen LogP contribution in [0.3, 0.4) is 0 Å². The second-order valence-electron chi connectivity index (χ2n) is 3.17. The van der Waals surface area contributed by atoms with E-state index in [1.807, 2.05) is 0 Å². The normalized spacial score (nSPS) is 11.9. The summed E-state index contributed by atoms with van der Waals surface area (Å²) in [6, 6.07) is 6.89. The Bertz CT molecular complexity index is 354. The van der Waals surface area contributed by atoms with Crippen molar-refractivity contribution in [3.8, 4) is 11.5 Å². The third-order valence-corrected chi connectivity index (χ3v) is 2.04. The molecule has 88 valence electrons. The molecule has 1 atom stereocenters. The van der Waals surface area contributed by atoms with Crippen molar-refractivity contribution in [3.05, 3.63) is 24.3 Å². The molecule has 16 heavy (non-hydrogen) atoms. The van der Waals surface area contributed by atoms with Crippen LogP contribution in [0.1, 0.15) is 6.42 Å². The molecule has 0 saturated heterocycles. The van der Waals surface area contributed by atoms with Gasteiger partial charge in [0.1, 0.15) is 0 Å². The highest BCUT2D eigenvalue weighted by Gasteiger charge is 2.19. The Labute approximate surface area is 93.8 Å². The van der Waals surface area contributed by atoms with Gasteiger partial charge in [0.05, 0.1) is 7.11 Å². The Morgan fingerprint density at radius 3 is 2.56 bits per heavy atom. The van der Waals surface area contributed by atoms with E-state index in [4.69, 9.17) is 20.3 Å². The van der Waals surface area contributed by atoms with Crippen molar-refractivity contribution in [2.75, 3.05) is 13.7 Å². The average Bonchev–Trinajstić information content (AvgIpc) is 2.29. The van der Waals surface area contributed by atoms with E-state index < -0.39 is 12.1 Å². The lowest BCUT2D eigenvalue weighted by Crippen LogP contribution is -2.29. The minimum absolute atomic E-state index is 0.256. The number of hydrogen-bond acceptors (Lipinski definition) is 4. The van der Waals surface area contributed by atoms with E-state index in [0.29, 0.717) is 11.5 Å². The van der Waals surface area contributed by atoms with Crippen LogP contribution < -0.4 is 15.2 Å². The van der Waals surface area contributed by atoms with E-state index in [9.17, 15) is 4.79 Å². The molecular formula is C11H15NO4. The van der Waals surface area contributed by atoms with E-state index in [1.165, 1.54) is 7.11 Å². The van der Waals surface area contributed by atoms with Crippen molar-refractivity contribution >= 4 is 5.97 Å². The summed E-state index contributed by atoms with van der Waals surface area (Å²) in [6.45, 7) is 0.256. The maximum absolute atomic E-state index is 10.9. The number of carbonyl (C=O) groups is 1. The fourth-order valence-corrected chi connectivity index (χ4v) is 1.25. The average molecular weight is 225 g/mol. The third-order valence-electron chi connectivity index (χ3n) is 2.04. The van der Waals surface area contributed by atoms with Crippen LogP contribution in [0.15, 0.2) is 24.3 Å². The molecule has 0 aliphatic rings. The number of para-hydroxylation sites is 2. The molecule has 0 saturated carbocycles. The lowest BCUT2D eigenvalue weighted by Gasteiger charge is -2.16. The number of carboxylic acid groups (broad SMARTS) is 1. The molecule has 1 rings (SSSR count). The van der Waals surface area contributed by atoms with E-state index >= 15 is 0 Å². The summed E-state index contributed by atoms with van der Waals surface area (Å²) in [7, 11) is 1.50. The second kappa shape index (κ2) is 5.97. The van der Waals surface area contributed by atoms with Crippen molar-refractivity contribution < 1.29 is 19.4 Å². The molecule has 0 spiro atoms. The Kier molecular flexibility index (Phi) is 4.60. The quantitative estimate of drug-likeness (QED) is 0.750. The zero-order valence-electron chi connectivity index (χ0n) is 9.05. The standard InChI is InChI=1S/C11H15NO4/c1-15-8-4-2-3-5-9(8)16-10(6-7-12)11(13)14/h2-5,10H,6-7,12H2,1H3,(H,13,14). The van der Waals surface area contributed by atoms with E-state index in [1.54, 1.807) is 24.3 Å². The summed E-state index contributed by atoms with van der Waals surface area (Å²) in [5.41, 5.74) is 5.32. The molecule has 1 unspecified atom stereocenters. The molecule has 0 aliphatic carbocycles. The van der Waals surface area contributed by atoms with Crippen molar-refractivity contribution in [1.82, 2.24) is 0 Å². The molecule has 5 nitrogen and oxygen atoms in total. The number of ether oxygens (including phenoxy) is 2. The predicted molar refractivity (Wildman–Crippen MR) is 58.7 cm³/mol. The highest BCUT2D eigenvalue weighted by molar-refractivity contribution is 5.72. The van der Waals surface area contributed by atoms with Gasteiger partial charge in [-0.05, 0) is 18.7 Å². The molecule has 1 aromatic carbocycles. The van der Waals surface area contributed by atoms with E-state index in [0.717, 1.165) is 0 Å². The van der Waals surface area contributed by atoms with Gasteiger partial charge in [0.2, 0.25) is 0 Å². The van der Waals surface area contributed by atoms with Gasteiger partial charge in [-0.2, -0.15) is 0 Å². The maximum atomic E-state index is 10.9. The minimum Gasteiger partial charge on any atom is -0.493 e. The molecule has 0 heterocycles. The maximum Gasteiger partial charge on any atom is 0.344 e. The number of benzene rings is 1. The van der Waals surface area contributed by atoms with Gasteiger partial charge in [0.15, 0.2) is 17.6 Å². The molecule has 5 heteroatoms. The fraction of sp³-hybridized carbons (Fsp3) is 0.364. The molecular weight excluding hydrogens is 210 g/mol. The smallest absolute Gasteiger partial charge is 0.344 e. The fourth-order valence-electron chi connectivity index (χ4n) is 1.25. The topological polar surface area (TPSA) is 81.8 Å².